The lowest BCUT2D eigenvalue weighted by Gasteiger charge is -2.16. The summed E-state index contributed by atoms with van der Waals surface area (Å²) in [5.41, 5.74) is 4.22. The molecule has 0 saturated carbocycles. The monoisotopic (exact) mass is 290 g/mol. The highest BCUT2D eigenvalue weighted by molar-refractivity contribution is 5.92. The summed E-state index contributed by atoms with van der Waals surface area (Å²) < 4.78 is 37.0. The van der Waals surface area contributed by atoms with Crippen molar-refractivity contribution in [2.24, 2.45) is 10.9 Å². The van der Waals surface area contributed by atoms with Crippen LogP contribution >= 0.6 is 0 Å². The van der Waals surface area contributed by atoms with Crippen LogP contribution in [-0.4, -0.2) is 40.4 Å². The molecule has 0 aliphatic carbocycles. The second kappa shape index (κ2) is 6.22. The van der Waals surface area contributed by atoms with Crippen molar-refractivity contribution < 1.29 is 23.2 Å². The Morgan fingerprint density at radius 2 is 2.15 bits per heavy atom. The Hall–Kier alpha value is -2.32. The highest BCUT2D eigenvalue weighted by atomic mass is 19.4. The van der Waals surface area contributed by atoms with Crippen LogP contribution in [0.2, 0.25) is 0 Å². The van der Waals surface area contributed by atoms with E-state index in [-0.39, 0.29) is 24.5 Å². The summed E-state index contributed by atoms with van der Waals surface area (Å²) in [6, 6.07) is 1.79. The van der Waals surface area contributed by atoms with Gasteiger partial charge in [-0.25, -0.2) is 0 Å². The quantitative estimate of drug-likeness (QED) is 0.378. The zero-order valence-corrected chi connectivity index (χ0v) is 10.6. The van der Waals surface area contributed by atoms with Crippen molar-refractivity contribution in [2.45, 2.75) is 12.6 Å². The third-order valence-corrected chi connectivity index (χ3v) is 2.49. The predicted octanol–water partition coefficient (Wildman–Crippen LogP) is 1.31. The van der Waals surface area contributed by atoms with Crippen molar-refractivity contribution in [1.82, 2.24) is 9.88 Å². The lowest BCUT2D eigenvalue weighted by Crippen LogP contribution is -2.31. The smallest absolute Gasteiger partial charge is 0.409 e. The maximum absolute atomic E-state index is 12.3. The van der Waals surface area contributed by atoms with Crippen LogP contribution in [0.1, 0.15) is 22.5 Å². The van der Waals surface area contributed by atoms with Crippen LogP contribution in [0.25, 0.3) is 0 Å². The minimum absolute atomic E-state index is 0.0509. The lowest BCUT2D eigenvalue weighted by molar-refractivity contribution is -0.137. The summed E-state index contributed by atoms with van der Waals surface area (Å²) in [5.74, 6) is -0.602. The maximum Gasteiger partial charge on any atom is 0.417 e. The molecule has 0 aromatic carbocycles. The molecule has 0 bridgehead atoms. The fraction of sp³-hybridized carbons (Fsp3) is 0.364. The van der Waals surface area contributed by atoms with Crippen LogP contribution < -0.4 is 5.73 Å². The number of carbonyl (C=O) groups excluding carboxylic acids is 1. The summed E-state index contributed by atoms with van der Waals surface area (Å²) in [6.45, 7) is 0.150. The average molecular weight is 290 g/mol. The molecule has 1 aromatic heterocycles. The Morgan fingerprint density at radius 1 is 1.50 bits per heavy atom. The number of hydrogen-bond donors (Lipinski definition) is 2. The number of aromatic nitrogens is 1. The number of halogens is 3. The number of rotatable bonds is 4. The second-order valence-electron chi connectivity index (χ2n) is 4.00. The highest BCUT2D eigenvalue weighted by Gasteiger charge is 2.31. The summed E-state index contributed by atoms with van der Waals surface area (Å²) in [7, 11) is 1.44. The fourth-order valence-electron chi connectivity index (χ4n) is 1.32. The van der Waals surface area contributed by atoms with Crippen LogP contribution in [0.4, 0.5) is 13.2 Å². The van der Waals surface area contributed by atoms with E-state index in [0.717, 1.165) is 12.1 Å². The van der Waals surface area contributed by atoms with Gasteiger partial charge in [0, 0.05) is 26.2 Å². The number of nitrogens with two attached hydrogens (primary N) is 1. The van der Waals surface area contributed by atoms with Crippen molar-refractivity contribution in [1.29, 1.82) is 0 Å². The van der Waals surface area contributed by atoms with E-state index in [9.17, 15) is 18.0 Å². The van der Waals surface area contributed by atoms with Gasteiger partial charge < -0.3 is 15.8 Å². The van der Waals surface area contributed by atoms with Crippen LogP contribution in [0.5, 0.6) is 0 Å². The summed E-state index contributed by atoms with van der Waals surface area (Å²) in [4.78, 5) is 16.6. The topological polar surface area (TPSA) is 91.8 Å². The van der Waals surface area contributed by atoms with Crippen LogP contribution in [-0.2, 0) is 6.18 Å². The standard InChI is InChI=1S/C11H13F3N4O2/c1-18(5-4-9(15)17-20)10(19)8-3-2-7(6-16-8)11(12,13)14/h2-3,6,20H,4-5H2,1H3,(H2,15,17). The first-order valence-electron chi connectivity index (χ1n) is 5.51. The van der Waals surface area contributed by atoms with Gasteiger partial charge in [0.25, 0.3) is 5.91 Å². The van der Waals surface area contributed by atoms with Gasteiger partial charge in [-0.1, -0.05) is 5.16 Å². The normalized spacial score (nSPS) is 12.3. The molecule has 0 unspecified atom stereocenters. The molecule has 0 spiro atoms. The summed E-state index contributed by atoms with van der Waals surface area (Å²) in [5, 5.41) is 11.1. The Bertz CT molecular complexity index is 499. The Kier molecular flexibility index (Phi) is 4.89. The fourth-order valence-corrected chi connectivity index (χ4v) is 1.32. The molecule has 20 heavy (non-hydrogen) atoms. The van der Waals surface area contributed by atoms with Crippen molar-refractivity contribution in [3.05, 3.63) is 29.6 Å². The van der Waals surface area contributed by atoms with Crippen LogP contribution in [0, 0.1) is 0 Å². The molecule has 0 aliphatic rings. The van der Waals surface area contributed by atoms with Crippen LogP contribution in [0.3, 0.4) is 0 Å². The van der Waals surface area contributed by atoms with Crippen LogP contribution in [0.15, 0.2) is 23.5 Å². The molecule has 0 aliphatic heterocycles. The van der Waals surface area contributed by atoms with E-state index < -0.39 is 17.6 Å². The molecule has 0 fully saturated rings. The van der Waals surface area contributed by atoms with Gasteiger partial charge in [-0.05, 0) is 12.1 Å². The number of hydrogen-bond acceptors (Lipinski definition) is 4. The highest BCUT2D eigenvalue weighted by Crippen LogP contribution is 2.28. The van der Waals surface area contributed by atoms with Gasteiger partial charge in [0.1, 0.15) is 11.5 Å². The molecule has 0 radical (unpaired) electrons. The van der Waals surface area contributed by atoms with Gasteiger partial charge in [0.2, 0.25) is 0 Å². The zero-order chi connectivity index (χ0) is 15.3. The van der Waals surface area contributed by atoms with Crippen molar-refractivity contribution >= 4 is 11.7 Å². The summed E-state index contributed by atoms with van der Waals surface area (Å²) in [6.07, 6.45) is -3.75. The Balaban J connectivity index is 2.72. The summed E-state index contributed by atoms with van der Waals surface area (Å²) >= 11 is 0. The molecule has 1 rings (SSSR count). The largest absolute Gasteiger partial charge is 0.417 e. The predicted molar refractivity (Wildman–Crippen MR) is 64.2 cm³/mol. The number of carbonyl (C=O) groups is 1. The minimum Gasteiger partial charge on any atom is -0.409 e. The molecule has 6 nitrogen and oxygen atoms in total. The SMILES string of the molecule is CN(CC/C(N)=N/O)C(=O)c1ccc(C(F)(F)F)cn1. The average Bonchev–Trinajstić information content (AvgIpc) is 2.42. The van der Waals surface area contributed by atoms with Gasteiger partial charge >= 0.3 is 6.18 Å². The molecule has 1 heterocycles. The van der Waals surface area contributed by atoms with E-state index in [0.29, 0.717) is 6.20 Å². The minimum atomic E-state index is -4.49. The number of pyridine rings is 1. The molecule has 9 heteroatoms. The molecule has 3 N–H and O–H groups in total. The second-order valence-corrected chi connectivity index (χ2v) is 4.00. The Labute approximate surface area is 112 Å². The van der Waals surface area contributed by atoms with E-state index in [1.165, 1.54) is 11.9 Å². The van der Waals surface area contributed by atoms with E-state index >= 15 is 0 Å². The molecule has 1 amide bonds. The van der Waals surface area contributed by atoms with E-state index in [4.69, 9.17) is 10.9 Å². The number of oxime groups is 1. The van der Waals surface area contributed by atoms with Crippen molar-refractivity contribution in [3.8, 4) is 0 Å². The molecular weight excluding hydrogens is 277 g/mol. The third-order valence-electron chi connectivity index (χ3n) is 2.49. The van der Waals surface area contributed by atoms with Crippen molar-refractivity contribution in [2.75, 3.05) is 13.6 Å². The van der Waals surface area contributed by atoms with Gasteiger partial charge in [0.15, 0.2) is 0 Å². The van der Waals surface area contributed by atoms with E-state index in [1.54, 1.807) is 0 Å². The van der Waals surface area contributed by atoms with Gasteiger partial charge in [-0.3, -0.25) is 9.78 Å². The molecular formula is C11H13F3N4O2. The number of alkyl halides is 3. The van der Waals surface area contributed by atoms with Crippen molar-refractivity contribution in [3.63, 3.8) is 0 Å². The Morgan fingerprint density at radius 3 is 2.60 bits per heavy atom. The first-order valence-corrected chi connectivity index (χ1v) is 5.51. The van der Waals surface area contributed by atoms with E-state index in [2.05, 4.69) is 10.1 Å². The lowest BCUT2D eigenvalue weighted by atomic mass is 10.2. The zero-order valence-electron chi connectivity index (χ0n) is 10.6. The maximum atomic E-state index is 12.3. The first-order chi connectivity index (χ1) is 9.25. The number of amides is 1. The molecule has 110 valence electrons. The van der Waals surface area contributed by atoms with Gasteiger partial charge in [0.05, 0.1) is 5.56 Å². The third kappa shape index (κ3) is 4.11. The number of amidine groups is 1. The van der Waals surface area contributed by atoms with E-state index in [1.807, 2.05) is 0 Å². The number of nitrogens with zero attached hydrogens (tertiary/aromatic N) is 3. The molecule has 0 saturated heterocycles. The van der Waals surface area contributed by atoms with Gasteiger partial charge in [-0.15, -0.1) is 0 Å². The van der Waals surface area contributed by atoms with Gasteiger partial charge in [-0.2, -0.15) is 13.2 Å². The molecule has 0 atom stereocenters. The molecule has 1 aromatic rings. The first kappa shape index (κ1) is 15.7.